The number of likely N-dealkylation sites (tertiary alicyclic amines) is 2. The number of piperidine rings is 2. The van der Waals surface area contributed by atoms with Gasteiger partial charge in [-0.05, 0) is 25.2 Å². The Labute approximate surface area is 125 Å². The number of hydrogen-bond acceptors (Lipinski definition) is 3. The molecule has 0 aromatic rings. The monoisotopic (exact) mass is 295 g/mol. The molecule has 0 radical (unpaired) electrons. The number of nitrogens with one attached hydrogen (secondary N) is 1. The van der Waals surface area contributed by atoms with E-state index in [1.54, 1.807) is 11.9 Å². The van der Waals surface area contributed by atoms with Gasteiger partial charge in [-0.3, -0.25) is 14.4 Å². The average Bonchev–Trinajstić information content (AvgIpc) is 2.47. The maximum atomic E-state index is 12.6. The summed E-state index contributed by atoms with van der Waals surface area (Å²) < 4.78 is 0. The first-order chi connectivity index (χ1) is 9.97. The van der Waals surface area contributed by atoms with Crippen LogP contribution in [0.1, 0.15) is 32.6 Å². The van der Waals surface area contributed by atoms with Crippen LogP contribution in [0.25, 0.3) is 0 Å². The van der Waals surface area contributed by atoms with Gasteiger partial charge in [0.25, 0.3) is 0 Å². The fourth-order valence-electron chi connectivity index (χ4n) is 3.13. The van der Waals surface area contributed by atoms with Gasteiger partial charge in [-0.25, -0.2) is 0 Å². The normalized spacial score (nSPS) is 26.7. The average molecular weight is 295 g/mol. The van der Waals surface area contributed by atoms with Gasteiger partial charge >= 0.3 is 0 Å². The van der Waals surface area contributed by atoms with E-state index in [-0.39, 0.29) is 23.6 Å². The summed E-state index contributed by atoms with van der Waals surface area (Å²) in [6.45, 7) is 4.27. The van der Waals surface area contributed by atoms with E-state index >= 15 is 0 Å². The molecule has 0 aliphatic carbocycles. The summed E-state index contributed by atoms with van der Waals surface area (Å²) in [5, 5.41) is 2.83. The molecular formula is C15H25N3O3. The standard InChI is InChI=1S/C15H25N3O3/c1-11(19)16-9-12-4-3-6-18(10-12)15(21)13-5-7-17(2)14(20)8-13/h12-13H,3-10H2,1-2H3,(H,16,19)/t12-,13+/m1/s1. The number of carbonyl (C=O) groups is 3. The van der Waals surface area contributed by atoms with Crippen molar-refractivity contribution in [2.45, 2.75) is 32.6 Å². The first-order valence-corrected chi connectivity index (χ1v) is 7.74. The van der Waals surface area contributed by atoms with Crippen molar-refractivity contribution in [3.63, 3.8) is 0 Å². The molecule has 2 atom stereocenters. The van der Waals surface area contributed by atoms with Crippen molar-refractivity contribution in [2.24, 2.45) is 11.8 Å². The number of nitrogens with zero attached hydrogens (tertiary/aromatic N) is 2. The molecule has 0 aromatic carbocycles. The van der Waals surface area contributed by atoms with Crippen molar-refractivity contribution >= 4 is 17.7 Å². The van der Waals surface area contributed by atoms with Crippen LogP contribution in [-0.2, 0) is 14.4 Å². The van der Waals surface area contributed by atoms with Crippen molar-refractivity contribution < 1.29 is 14.4 Å². The van der Waals surface area contributed by atoms with E-state index in [9.17, 15) is 14.4 Å². The first-order valence-electron chi connectivity index (χ1n) is 7.74. The van der Waals surface area contributed by atoms with E-state index in [4.69, 9.17) is 0 Å². The van der Waals surface area contributed by atoms with Gasteiger partial charge < -0.3 is 15.1 Å². The highest BCUT2D eigenvalue weighted by Gasteiger charge is 2.33. The van der Waals surface area contributed by atoms with Crippen LogP contribution in [0.3, 0.4) is 0 Å². The molecule has 21 heavy (non-hydrogen) atoms. The Morgan fingerprint density at radius 2 is 2.05 bits per heavy atom. The van der Waals surface area contributed by atoms with Crippen LogP contribution in [0.2, 0.25) is 0 Å². The van der Waals surface area contributed by atoms with Gasteiger partial charge in [0.2, 0.25) is 17.7 Å². The van der Waals surface area contributed by atoms with Gasteiger partial charge in [-0.15, -0.1) is 0 Å². The summed E-state index contributed by atoms with van der Waals surface area (Å²) in [5.41, 5.74) is 0. The molecule has 6 heteroatoms. The minimum atomic E-state index is -0.159. The van der Waals surface area contributed by atoms with Crippen molar-refractivity contribution in [1.29, 1.82) is 0 Å². The van der Waals surface area contributed by atoms with Crippen molar-refractivity contribution in [3.8, 4) is 0 Å². The van der Waals surface area contributed by atoms with Crippen molar-refractivity contribution in [3.05, 3.63) is 0 Å². The number of amides is 3. The summed E-state index contributed by atoms with van der Waals surface area (Å²) in [5.74, 6) is 0.316. The predicted molar refractivity (Wildman–Crippen MR) is 78.3 cm³/mol. The second-order valence-electron chi connectivity index (χ2n) is 6.23. The maximum Gasteiger partial charge on any atom is 0.226 e. The van der Waals surface area contributed by atoms with E-state index in [2.05, 4.69) is 5.32 Å². The first kappa shape index (κ1) is 15.8. The molecule has 1 N–H and O–H groups in total. The lowest BCUT2D eigenvalue weighted by Crippen LogP contribution is -2.48. The van der Waals surface area contributed by atoms with E-state index in [0.717, 1.165) is 25.8 Å². The summed E-state index contributed by atoms with van der Waals surface area (Å²) in [4.78, 5) is 38.9. The molecule has 2 fully saturated rings. The molecule has 0 saturated carbocycles. The van der Waals surface area contributed by atoms with Crippen LogP contribution in [0, 0.1) is 11.8 Å². The van der Waals surface area contributed by atoms with Gasteiger partial charge in [0.1, 0.15) is 0 Å². The van der Waals surface area contributed by atoms with Gasteiger partial charge in [0.15, 0.2) is 0 Å². The zero-order chi connectivity index (χ0) is 15.4. The second kappa shape index (κ2) is 6.91. The largest absolute Gasteiger partial charge is 0.356 e. The smallest absolute Gasteiger partial charge is 0.226 e. The fraction of sp³-hybridized carbons (Fsp3) is 0.800. The Kier molecular flexibility index (Phi) is 5.20. The van der Waals surface area contributed by atoms with E-state index in [1.807, 2.05) is 4.90 Å². The number of rotatable bonds is 3. The summed E-state index contributed by atoms with van der Waals surface area (Å²) in [7, 11) is 1.79. The van der Waals surface area contributed by atoms with Crippen molar-refractivity contribution in [1.82, 2.24) is 15.1 Å². The number of carbonyl (C=O) groups excluding carboxylic acids is 3. The van der Waals surface area contributed by atoms with Gasteiger partial charge in [0.05, 0.1) is 0 Å². The highest BCUT2D eigenvalue weighted by Crippen LogP contribution is 2.23. The summed E-state index contributed by atoms with van der Waals surface area (Å²) >= 11 is 0. The molecule has 2 saturated heterocycles. The lowest BCUT2D eigenvalue weighted by atomic mass is 9.92. The molecule has 6 nitrogen and oxygen atoms in total. The van der Waals surface area contributed by atoms with E-state index < -0.39 is 0 Å². The third-order valence-electron chi connectivity index (χ3n) is 4.48. The lowest BCUT2D eigenvalue weighted by molar-refractivity contribution is -0.145. The van der Waals surface area contributed by atoms with Crippen molar-refractivity contribution in [2.75, 3.05) is 33.2 Å². The van der Waals surface area contributed by atoms with Crippen LogP contribution in [0.15, 0.2) is 0 Å². The third kappa shape index (κ3) is 4.19. The van der Waals surface area contributed by atoms with Crippen LogP contribution < -0.4 is 5.32 Å². The zero-order valence-electron chi connectivity index (χ0n) is 12.9. The molecule has 0 spiro atoms. The van der Waals surface area contributed by atoms with Crippen LogP contribution in [-0.4, -0.2) is 60.7 Å². The Bertz CT molecular complexity index is 424. The quantitative estimate of drug-likeness (QED) is 0.810. The Morgan fingerprint density at radius 3 is 2.71 bits per heavy atom. The van der Waals surface area contributed by atoms with Gasteiger partial charge in [-0.1, -0.05) is 0 Å². The second-order valence-corrected chi connectivity index (χ2v) is 6.23. The molecule has 118 valence electrons. The summed E-state index contributed by atoms with van der Waals surface area (Å²) in [6.07, 6.45) is 3.10. The van der Waals surface area contributed by atoms with Crippen LogP contribution in [0.5, 0.6) is 0 Å². The molecule has 3 amide bonds. The maximum absolute atomic E-state index is 12.6. The van der Waals surface area contributed by atoms with E-state index in [0.29, 0.717) is 32.0 Å². The highest BCUT2D eigenvalue weighted by molar-refractivity contribution is 5.87. The SMILES string of the molecule is CC(=O)NC[C@H]1CCCN(C(=O)[C@H]2CCN(C)C(=O)C2)C1. The minimum absolute atomic E-state index is 0.0284. The molecule has 2 aliphatic rings. The van der Waals surface area contributed by atoms with Crippen LogP contribution >= 0.6 is 0 Å². The van der Waals surface area contributed by atoms with Gasteiger partial charge in [-0.2, -0.15) is 0 Å². The van der Waals surface area contributed by atoms with Gasteiger partial charge in [0, 0.05) is 52.5 Å². The number of hydrogen-bond donors (Lipinski definition) is 1. The molecule has 0 aromatic heterocycles. The third-order valence-corrected chi connectivity index (χ3v) is 4.48. The molecule has 2 heterocycles. The molecule has 0 bridgehead atoms. The molecule has 2 rings (SSSR count). The highest BCUT2D eigenvalue weighted by atomic mass is 16.2. The Morgan fingerprint density at radius 1 is 1.29 bits per heavy atom. The van der Waals surface area contributed by atoms with Crippen LogP contribution in [0.4, 0.5) is 0 Å². The van der Waals surface area contributed by atoms with E-state index in [1.165, 1.54) is 6.92 Å². The lowest BCUT2D eigenvalue weighted by Gasteiger charge is -2.37. The fourth-order valence-corrected chi connectivity index (χ4v) is 3.13. The summed E-state index contributed by atoms with van der Waals surface area (Å²) in [6, 6.07) is 0. The Hall–Kier alpha value is -1.59. The molecule has 0 unspecified atom stereocenters. The zero-order valence-corrected chi connectivity index (χ0v) is 12.9. The minimum Gasteiger partial charge on any atom is -0.356 e. The Balaban J connectivity index is 1.87. The topological polar surface area (TPSA) is 69.7 Å². The predicted octanol–water partition coefficient (Wildman–Crippen LogP) is 0.230. The molecule has 2 aliphatic heterocycles. The molecular weight excluding hydrogens is 270 g/mol.